The summed E-state index contributed by atoms with van der Waals surface area (Å²) in [5.41, 5.74) is 0. The molecular formula is C11H21N3. The van der Waals surface area contributed by atoms with E-state index in [1.54, 1.807) is 12.4 Å². The fraction of sp³-hybridized carbons (Fsp3) is 0.545. The van der Waals surface area contributed by atoms with E-state index >= 15 is 0 Å². The van der Waals surface area contributed by atoms with Crippen molar-refractivity contribution in [2.45, 2.75) is 0 Å². The smallest absolute Gasteiger partial charge is 0.0267 e. The van der Waals surface area contributed by atoms with Crippen LogP contribution in [0.1, 0.15) is 0 Å². The molecule has 3 nitrogen and oxygen atoms in total. The van der Waals surface area contributed by atoms with Crippen molar-refractivity contribution < 1.29 is 0 Å². The Labute approximate surface area is 87.4 Å². The van der Waals surface area contributed by atoms with Crippen LogP contribution < -0.4 is 0 Å². The van der Waals surface area contributed by atoms with Gasteiger partial charge in [0.2, 0.25) is 0 Å². The minimum Gasteiger partial charge on any atom is -0.308 e. The van der Waals surface area contributed by atoms with E-state index < -0.39 is 0 Å². The zero-order valence-corrected chi connectivity index (χ0v) is 9.64. The lowest BCUT2D eigenvalue weighted by Crippen LogP contribution is -2.25. The van der Waals surface area contributed by atoms with E-state index in [1.165, 1.54) is 0 Å². The molecule has 0 atom stereocenters. The predicted molar refractivity (Wildman–Crippen MR) is 61.3 cm³/mol. The zero-order valence-electron chi connectivity index (χ0n) is 9.64. The summed E-state index contributed by atoms with van der Waals surface area (Å²) in [6.45, 7) is 2.29. The molecule has 0 saturated carbocycles. The fourth-order valence-electron chi connectivity index (χ4n) is 0.713. The van der Waals surface area contributed by atoms with E-state index in [0.29, 0.717) is 0 Å². The molecule has 1 rings (SSSR count). The number of hydrogen-bond donors (Lipinski definition) is 0. The molecule has 0 fully saturated rings. The predicted octanol–water partition coefficient (Wildman–Crippen LogP) is 1.19. The maximum absolute atomic E-state index is 3.78. The first-order valence-corrected chi connectivity index (χ1v) is 4.77. The Balaban J connectivity index is 0.000000249. The van der Waals surface area contributed by atoms with Crippen molar-refractivity contribution in [1.82, 2.24) is 14.8 Å². The summed E-state index contributed by atoms with van der Waals surface area (Å²) in [5, 5.41) is 0. The van der Waals surface area contributed by atoms with Crippen molar-refractivity contribution in [1.29, 1.82) is 0 Å². The second kappa shape index (κ2) is 8.66. The molecule has 0 aliphatic rings. The average Bonchev–Trinajstić information content (AvgIpc) is 2.18. The molecule has 0 aliphatic carbocycles. The second-order valence-electron chi connectivity index (χ2n) is 3.63. The summed E-state index contributed by atoms with van der Waals surface area (Å²) in [7, 11) is 8.35. The topological polar surface area (TPSA) is 19.4 Å². The van der Waals surface area contributed by atoms with Gasteiger partial charge in [0.15, 0.2) is 0 Å². The quantitative estimate of drug-likeness (QED) is 0.722. The van der Waals surface area contributed by atoms with E-state index in [9.17, 15) is 0 Å². The van der Waals surface area contributed by atoms with Gasteiger partial charge in [-0.05, 0) is 40.3 Å². The van der Waals surface area contributed by atoms with E-state index in [4.69, 9.17) is 0 Å². The van der Waals surface area contributed by atoms with Crippen LogP contribution in [0.5, 0.6) is 0 Å². The molecule has 0 bridgehead atoms. The molecule has 0 aliphatic heterocycles. The highest BCUT2D eigenvalue weighted by Gasteiger charge is 1.89. The third-order valence-electron chi connectivity index (χ3n) is 1.56. The maximum atomic E-state index is 3.78. The standard InChI is InChI=1S/C6H16N2.C5H5N/c1-7(2)5-6-8(3)4;1-2-4-6-5-3-1/h5-6H2,1-4H3;1-5H. The molecule has 0 amide bonds. The van der Waals surface area contributed by atoms with Crippen molar-refractivity contribution >= 4 is 0 Å². The van der Waals surface area contributed by atoms with E-state index in [1.807, 2.05) is 18.2 Å². The Hall–Kier alpha value is -0.930. The van der Waals surface area contributed by atoms with Crippen LogP contribution in [-0.2, 0) is 0 Å². The van der Waals surface area contributed by atoms with Crippen LogP contribution in [0.25, 0.3) is 0 Å². The Morgan fingerprint density at radius 2 is 1.21 bits per heavy atom. The molecule has 0 aromatic carbocycles. The van der Waals surface area contributed by atoms with Gasteiger partial charge >= 0.3 is 0 Å². The SMILES string of the molecule is CN(C)CCN(C)C.c1ccncc1. The molecule has 0 saturated heterocycles. The molecule has 80 valence electrons. The summed E-state index contributed by atoms with van der Waals surface area (Å²) in [4.78, 5) is 8.15. The number of nitrogens with zero attached hydrogens (tertiary/aromatic N) is 3. The monoisotopic (exact) mass is 195 g/mol. The van der Waals surface area contributed by atoms with Gasteiger partial charge in [0.1, 0.15) is 0 Å². The van der Waals surface area contributed by atoms with Gasteiger partial charge in [-0.2, -0.15) is 0 Å². The summed E-state index contributed by atoms with van der Waals surface area (Å²) in [5.74, 6) is 0. The molecule has 14 heavy (non-hydrogen) atoms. The highest BCUT2D eigenvalue weighted by Crippen LogP contribution is 1.76. The Morgan fingerprint density at radius 3 is 1.36 bits per heavy atom. The van der Waals surface area contributed by atoms with Gasteiger partial charge in [0.05, 0.1) is 0 Å². The molecule has 0 N–H and O–H groups in total. The van der Waals surface area contributed by atoms with Gasteiger partial charge in [-0.15, -0.1) is 0 Å². The molecule has 0 radical (unpaired) electrons. The normalized spacial score (nSPS) is 9.86. The van der Waals surface area contributed by atoms with E-state index in [-0.39, 0.29) is 0 Å². The molecule has 1 aromatic heterocycles. The third-order valence-corrected chi connectivity index (χ3v) is 1.56. The molecule has 3 heteroatoms. The van der Waals surface area contributed by atoms with Crippen molar-refractivity contribution in [2.24, 2.45) is 0 Å². The first kappa shape index (κ1) is 13.1. The van der Waals surface area contributed by atoms with Crippen LogP contribution >= 0.6 is 0 Å². The number of rotatable bonds is 3. The lowest BCUT2D eigenvalue weighted by atomic mass is 10.5. The Bertz CT molecular complexity index is 162. The average molecular weight is 195 g/mol. The van der Waals surface area contributed by atoms with Gasteiger partial charge in [-0.3, -0.25) is 4.98 Å². The van der Waals surface area contributed by atoms with Crippen molar-refractivity contribution in [3.05, 3.63) is 30.6 Å². The number of hydrogen-bond acceptors (Lipinski definition) is 3. The van der Waals surface area contributed by atoms with Crippen LogP contribution in [0.4, 0.5) is 0 Å². The molecule has 1 heterocycles. The van der Waals surface area contributed by atoms with Crippen LogP contribution in [-0.4, -0.2) is 56.1 Å². The lowest BCUT2D eigenvalue weighted by molar-refractivity contribution is 0.320. The Morgan fingerprint density at radius 1 is 0.786 bits per heavy atom. The fourth-order valence-corrected chi connectivity index (χ4v) is 0.713. The van der Waals surface area contributed by atoms with Gasteiger partial charge in [0, 0.05) is 25.5 Å². The van der Waals surface area contributed by atoms with Crippen LogP contribution in [0.15, 0.2) is 30.6 Å². The van der Waals surface area contributed by atoms with Crippen LogP contribution in [0, 0.1) is 0 Å². The molecule has 1 aromatic rings. The summed E-state index contributed by atoms with van der Waals surface area (Å²) < 4.78 is 0. The second-order valence-corrected chi connectivity index (χ2v) is 3.63. The van der Waals surface area contributed by atoms with Gasteiger partial charge in [0.25, 0.3) is 0 Å². The number of pyridine rings is 1. The summed E-state index contributed by atoms with van der Waals surface area (Å²) in [6.07, 6.45) is 3.50. The molecule has 0 spiro atoms. The van der Waals surface area contributed by atoms with Crippen molar-refractivity contribution in [2.75, 3.05) is 41.3 Å². The summed E-state index contributed by atoms with van der Waals surface area (Å²) >= 11 is 0. The molecule has 0 unspecified atom stereocenters. The van der Waals surface area contributed by atoms with Gasteiger partial charge in [-0.25, -0.2) is 0 Å². The first-order chi connectivity index (χ1) is 6.63. The number of aromatic nitrogens is 1. The maximum Gasteiger partial charge on any atom is 0.0267 e. The number of likely N-dealkylation sites (N-methyl/N-ethyl adjacent to an activating group) is 2. The summed E-state index contributed by atoms with van der Waals surface area (Å²) in [6, 6.07) is 5.72. The largest absolute Gasteiger partial charge is 0.308 e. The highest BCUT2D eigenvalue weighted by atomic mass is 15.1. The zero-order chi connectivity index (χ0) is 10.8. The highest BCUT2D eigenvalue weighted by molar-refractivity contribution is 4.88. The van der Waals surface area contributed by atoms with Gasteiger partial charge < -0.3 is 9.80 Å². The van der Waals surface area contributed by atoms with Crippen molar-refractivity contribution in [3.63, 3.8) is 0 Å². The third kappa shape index (κ3) is 11.1. The Kier molecular flexibility index (Phi) is 8.08. The van der Waals surface area contributed by atoms with Crippen LogP contribution in [0.3, 0.4) is 0 Å². The van der Waals surface area contributed by atoms with Crippen molar-refractivity contribution in [3.8, 4) is 0 Å². The van der Waals surface area contributed by atoms with E-state index in [0.717, 1.165) is 13.1 Å². The first-order valence-electron chi connectivity index (χ1n) is 4.77. The molecular weight excluding hydrogens is 174 g/mol. The van der Waals surface area contributed by atoms with Crippen LogP contribution in [0.2, 0.25) is 0 Å². The minimum atomic E-state index is 1.15. The van der Waals surface area contributed by atoms with E-state index in [2.05, 4.69) is 43.0 Å². The minimum absolute atomic E-state index is 1.15. The van der Waals surface area contributed by atoms with Gasteiger partial charge in [-0.1, -0.05) is 6.07 Å². The lowest BCUT2D eigenvalue weighted by Gasteiger charge is -2.13.